The van der Waals surface area contributed by atoms with E-state index < -0.39 is 0 Å². The molecule has 0 aliphatic heterocycles. The van der Waals surface area contributed by atoms with Crippen LogP contribution in [0.2, 0.25) is 0 Å². The SMILES string of the molecule is CC(C)c1noc2nc(N)ncc12. The third-order valence-electron chi connectivity index (χ3n) is 1.83. The third-order valence-corrected chi connectivity index (χ3v) is 1.83. The second-order valence-corrected chi connectivity index (χ2v) is 3.17. The van der Waals surface area contributed by atoms with Gasteiger partial charge in [-0.1, -0.05) is 19.0 Å². The van der Waals surface area contributed by atoms with Crippen LogP contribution in [0.1, 0.15) is 25.5 Å². The maximum Gasteiger partial charge on any atom is 0.262 e. The van der Waals surface area contributed by atoms with E-state index in [4.69, 9.17) is 10.3 Å². The molecule has 0 amide bonds. The standard InChI is InChI=1S/C8H10N4O/c1-4(2)6-5-3-10-8(9)11-7(5)13-12-6/h3-4H,1-2H3,(H2,9,10,11). The van der Waals surface area contributed by atoms with E-state index in [0.717, 1.165) is 11.1 Å². The Hall–Kier alpha value is -1.65. The Balaban J connectivity index is 2.69. The normalized spacial score (nSPS) is 11.3. The lowest BCUT2D eigenvalue weighted by molar-refractivity contribution is 0.435. The Morgan fingerprint density at radius 1 is 1.46 bits per heavy atom. The number of rotatable bonds is 1. The van der Waals surface area contributed by atoms with E-state index in [1.807, 2.05) is 13.8 Å². The molecular formula is C8H10N4O. The molecule has 68 valence electrons. The number of nitrogen functional groups attached to an aromatic ring is 1. The lowest BCUT2D eigenvalue weighted by atomic mass is 10.1. The summed E-state index contributed by atoms with van der Waals surface area (Å²) >= 11 is 0. The quantitative estimate of drug-likeness (QED) is 0.712. The molecule has 0 spiro atoms. The molecule has 0 aliphatic rings. The van der Waals surface area contributed by atoms with Crippen LogP contribution in [0.3, 0.4) is 0 Å². The van der Waals surface area contributed by atoms with E-state index in [2.05, 4.69) is 15.1 Å². The van der Waals surface area contributed by atoms with Crippen LogP contribution in [0.5, 0.6) is 0 Å². The smallest absolute Gasteiger partial charge is 0.262 e. The summed E-state index contributed by atoms with van der Waals surface area (Å²) in [7, 11) is 0. The first-order valence-corrected chi connectivity index (χ1v) is 4.06. The van der Waals surface area contributed by atoms with Crippen molar-refractivity contribution in [3.05, 3.63) is 11.9 Å². The molecule has 0 saturated heterocycles. The van der Waals surface area contributed by atoms with E-state index in [1.165, 1.54) is 0 Å². The van der Waals surface area contributed by atoms with Crippen molar-refractivity contribution in [1.29, 1.82) is 0 Å². The van der Waals surface area contributed by atoms with Gasteiger partial charge in [-0.3, -0.25) is 0 Å². The number of aromatic nitrogens is 3. The van der Waals surface area contributed by atoms with E-state index in [9.17, 15) is 0 Å². The molecule has 5 nitrogen and oxygen atoms in total. The van der Waals surface area contributed by atoms with Gasteiger partial charge >= 0.3 is 0 Å². The fourth-order valence-electron chi connectivity index (χ4n) is 1.18. The second kappa shape index (κ2) is 2.69. The Kier molecular flexibility index (Phi) is 1.65. The molecular weight excluding hydrogens is 168 g/mol. The van der Waals surface area contributed by atoms with Crippen LogP contribution < -0.4 is 5.73 Å². The number of nitrogens with two attached hydrogens (primary N) is 1. The average Bonchev–Trinajstić information content (AvgIpc) is 2.46. The summed E-state index contributed by atoms with van der Waals surface area (Å²) < 4.78 is 5.01. The van der Waals surface area contributed by atoms with Gasteiger partial charge in [0.05, 0.1) is 11.1 Å². The van der Waals surface area contributed by atoms with Gasteiger partial charge in [0.15, 0.2) is 0 Å². The monoisotopic (exact) mass is 178 g/mol. The molecule has 2 rings (SSSR count). The Morgan fingerprint density at radius 2 is 2.23 bits per heavy atom. The van der Waals surface area contributed by atoms with E-state index in [1.54, 1.807) is 6.20 Å². The minimum Gasteiger partial charge on any atom is -0.368 e. The maximum atomic E-state index is 5.40. The molecule has 0 atom stereocenters. The predicted octanol–water partition coefficient (Wildman–Crippen LogP) is 1.32. The van der Waals surface area contributed by atoms with E-state index >= 15 is 0 Å². The topological polar surface area (TPSA) is 77.8 Å². The minimum absolute atomic E-state index is 0.207. The number of hydrogen-bond donors (Lipinski definition) is 1. The number of hydrogen-bond acceptors (Lipinski definition) is 5. The Labute approximate surface area is 75.0 Å². The largest absolute Gasteiger partial charge is 0.368 e. The van der Waals surface area contributed by atoms with Crippen molar-refractivity contribution in [2.24, 2.45) is 0 Å². The lowest BCUT2D eigenvalue weighted by Crippen LogP contribution is -1.94. The lowest BCUT2D eigenvalue weighted by Gasteiger charge is -1.96. The number of nitrogens with zero attached hydrogens (tertiary/aromatic N) is 3. The van der Waals surface area contributed by atoms with Gasteiger partial charge in [0.25, 0.3) is 5.71 Å². The summed E-state index contributed by atoms with van der Waals surface area (Å²) in [4.78, 5) is 7.81. The predicted molar refractivity (Wildman–Crippen MR) is 48.1 cm³/mol. The van der Waals surface area contributed by atoms with Crippen LogP contribution in [0.25, 0.3) is 11.1 Å². The molecule has 0 radical (unpaired) electrons. The van der Waals surface area contributed by atoms with Gasteiger partial charge in [-0.25, -0.2) is 4.98 Å². The summed E-state index contributed by atoms with van der Waals surface area (Å²) in [6, 6.07) is 0. The van der Waals surface area contributed by atoms with Gasteiger partial charge < -0.3 is 10.3 Å². The van der Waals surface area contributed by atoms with Crippen molar-refractivity contribution in [1.82, 2.24) is 15.1 Å². The molecule has 0 aliphatic carbocycles. The highest BCUT2D eigenvalue weighted by atomic mass is 16.5. The van der Waals surface area contributed by atoms with Gasteiger partial charge in [0.1, 0.15) is 0 Å². The fourth-order valence-corrected chi connectivity index (χ4v) is 1.18. The highest BCUT2D eigenvalue weighted by Gasteiger charge is 2.12. The molecule has 0 fully saturated rings. The second-order valence-electron chi connectivity index (χ2n) is 3.17. The number of fused-ring (bicyclic) bond motifs is 1. The molecule has 0 unspecified atom stereocenters. The Bertz CT molecular complexity index is 435. The van der Waals surface area contributed by atoms with Gasteiger partial charge in [-0.15, -0.1) is 0 Å². The van der Waals surface area contributed by atoms with Gasteiger partial charge in [-0.05, 0) is 5.92 Å². The zero-order valence-electron chi connectivity index (χ0n) is 7.48. The highest BCUT2D eigenvalue weighted by Crippen LogP contribution is 2.22. The van der Waals surface area contributed by atoms with Crippen LogP contribution in [-0.2, 0) is 0 Å². The molecule has 0 bridgehead atoms. The Morgan fingerprint density at radius 3 is 2.92 bits per heavy atom. The molecule has 2 heterocycles. The first-order chi connectivity index (χ1) is 6.18. The third kappa shape index (κ3) is 1.22. The summed E-state index contributed by atoms with van der Waals surface area (Å²) in [6.45, 7) is 4.07. The molecule has 0 saturated carbocycles. The first-order valence-electron chi connectivity index (χ1n) is 4.06. The average molecular weight is 178 g/mol. The van der Waals surface area contributed by atoms with Crippen LogP contribution in [-0.4, -0.2) is 15.1 Å². The summed E-state index contributed by atoms with van der Waals surface area (Å²) in [6.07, 6.45) is 1.64. The van der Waals surface area contributed by atoms with Crippen molar-refractivity contribution in [2.75, 3.05) is 5.73 Å². The van der Waals surface area contributed by atoms with Crippen molar-refractivity contribution < 1.29 is 4.52 Å². The van der Waals surface area contributed by atoms with Gasteiger partial charge in [0.2, 0.25) is 5.95 Å². The van der Waals surface area contributed by atoms with Crippen molar-refractivity contribution in [2.45, 2.75) is 19.8 Å². The first kappa shape index (κ1) is 7.97. The van der Waals surface area contributed by atoms with Crippen molar-refractivity contribution in [3.8, 4) is 0 Å². The number of anilines is 1. The van der Waals surface area contributed by atoms with Crippen molar-refractivity contribution in [3.63, 3.8) is 0 Å². The van der Waals surface area contributed by atoms with Crippen LogP contribution >= 0.6 is 0 Å². The zero-order chi connectivity index (χ0) is 9.42. The van der Waals surface area contributed by atoms with E-state index in [0.29, 0.717) is 11.6 Å². The highest BCUT2D eigenvalue weighted by molar-refractivity contribution is 5.76. The molecule has 2 N–H and O–H groups in total. The summed E-state index contributed by atoms with van der Waals surface area (Å²) in [5, 5.41) is 4.74. The van der Waals surface area contributed by atoms with Crippen LogP contribution in [0.4, 0.5) is 5.95 Å². The maximum absolute atomic E-state index is 5.40. The molecule has 5 heteroatoms. The molecule has 2 aromatic rings. The molecule has 13 heavy (non-hydrogen) atoms. The van der Waals surface area contributed by atoms with Crippen LogP contribution in [0, 0.1) is 0 Å². The van der Waals surface area contributed by atoms with E-state index in [-0.39, 0.29) is 5.95 Å². The van der Waals surface area contributed by atoms with Crippen molar-refractivity contribution >= 4 is 17.0 Å². The zero-order valence-corrected chi connectivity index (χ0v) is 7.48. The molecule has 0 aromatic carbocycles. The van der Waals surface area contributed by atoms with Gasteiger partial charge in [0, 0.05) is 6.20 Å². The van der Waals surface area contributed by atoms with Crippen LogP contribution in [0.15, 0.2) is 10.7 Å². The summed E-state index contributed by atoms with van der Waals surface area (Å²) in [5.41, 5.74) is 6.72. The minimum atomic E-state index is 0.207. The fraction of sp³-hybridized carbons (Fsp3) is 0.375. The summed E-state index contributed by atoms with van der Waals surface area (Å²) in [5.74, 6) is 0.507. The molecule has 2 aromatic heterocycles. The van der Waals surface area contributed by atoms with Gasteiger partial charge in [-0.2, -0.15) is 4.98 Å².